The minimum Gasteiger partial charge on any atom is -0.390 e. The number of nitrogens with two attached hydrogens (primary N) is 1. The van der Waals surface area contributed by atoms with Gasteiger partial charge < -0.3 is 10.8 Å². The van der Waals surface area contributed by atoms with E-state index in [4.69, 9.17) is 5.73 Å². The van der Waals surface area contributed by atoms with Crippen molar-refractivity contribution < 1.29 is 13.5 Å². The number of thiophene rings is 1. The molecule has 0 atom stereocenters. The number of nitrogens with zero attached hydrogens (tertiary/aromatic N) is 1. The molecule has 1 fully saturated rings. The molecule has 102 valence electrons. The summed E-state index contributed by atoms with van der Waals surface area (Å²) in [6.07, 6.45) is 0.947. The van der Waals surface area contributed by atoms with Gasteiger partial charge in [-0.1, -0.05) is 0 Å². The SMILES string of the molecule is CC1(O)CCN(S(=O)(=O)c2ccc(CN)s2)CC1. The second-order valence-electron chi connectivity index (χ2n) is 4.83. The van der Waals surface area contributed by atoms with Gasteiger partial charge in [0, 0.05) is 24.5 Å². The van der Waals surface area contributed by atoms with Crippen LogP contribution in [0.3, 0.4) is 0 Å². The van der Waals surface area contributed by atoms with Gasteiger partial charge in [0.05, 0.1) is 5.60 Å². The number of rotatable bonds is 3. The Kier molecular flexibility index (Phi) is 3.80. The lowest BCUT2D eigenvalue weighted by Crippen LogP contribution is -2.44. The summed E-state index contributed by atoms with van der Waals surface area (Å²) in [5.74, 6) is 0. The Hall–Kier alpha value is -0.470. The highest BCUT2D eigenvalue weighted by atomic mass is 32.2. The van der Waals surface area contributed by atoms with E-state index in [0.717, 1.165) is 4.88 Å². The molecule has 2 heterocycles. The minimum absolute atomic E-state index is 0.337. The summed E-state index contributed by atoms with van der Waals surface area (Å²) in [5.41, 5.74) is 4.74. The van der Waals surface area contributed by atoms with Crippen LogP contribution in [0.15, 0.2) is 16.3 Å². The third kappa shape index (κ3) is 2.75. The fraction of sp³-hybridized carbons (Fsp3) is 0.636. The van der Waals surface area contributed by atoms with E-state index in [1.54, 1.807) is 19.1 Å². The van der Waals surface area contributed by atoms with Gasteiger partial charge in [0.25, 0.3) is 10.0 Å². The van der Waals surface area contributed by atoms with E-state index < -0.39 is 15.6 Å². The lowest BCUT2D eigenvalue weighted by molar-refractivity contribution is 0.0126. The molecule has 0 amide bonds. The van der Waals surface area contributed by atoms with Crippen molar-refractivity contribution >= 4 is 21.4 Å². The summed E-state index contributed by atoms with van der Waals surface area (Å²) in [6, 6.07) is 3.35. The molecule has 1 aliphatic heterocycles. The highest BCUT2D eigenvalue weighted by molar-refractivity contribution is 7.91. The van der Waals surface area contributed by atoms with Crippen molar-refractivity contribution in [3.8, 4) is 0 Å². The summed E-state index contributed by atoms with van der Waals surface area (Å²) in [4.78, 5) is 0.859. The normalized spacial score (nSPS) is 21.1. The molecule has 5 nitrogen and oxygen atoms in total. The van der Waals surface area contributed by atoms with Crippen LogP contribution < -0.4 is 5.73 Å². The second-order valence-corrected chi connectivity index (χ2v) is 8.16. The van der Waals surface area contributed by atoms with Crippen LogP contribution >= 0.6 is 11.3 Å². The molecule has 0 unspecified atom stereocenters. The fourth-order valence-electron chi connectivity index (χ4n) is 1.94. The van der Waals surface area contributed by atoms with Crippen LogP contribution in [0.5, 0.6) is 0 Å². The molecule has 0 aromatic carbocycles. The topological polar surface area (TPSA) is 83.6 Å². The maximum absolute atomic E-state index is 12.3. The molecule has 0 aliphatic carbocycles. The number of hydrogen-bond acceptors (Lipinski definition) is 5. The van der Waals surface area contributed by atoms with Crippen LogP contribution in [0, 0.1) is 0 Å². The standard InChI is InChI=1S/C11H18N2O3S2/c1-11(14)4-6-13(7-5-11)18(15,16)10-3-2-9(8-12)17-10/h2-3,14H,4-8,12H2,1H3. The van der Waals surface area contributed by atoms with Crippen LogP contribution in [-0.2, 0) is 16.6 Å². The van der Waals surface area contributed by atoms with Crippen LogP contribution in [0.1, 0.15) is 24.6 Å². The van der Waals surface area contributed by atoms with Crippen LogP contribution in [0.4, 0.5) is 0 Å². The zero-order valence-corrected chi connectivity index (χ0v) is 11.9. The van der Waals surface area contributed by atoms with Crippen molar-refractivity contribution in [1.82, 2.24) is 4.31 Å². The van der Waals surface area contributed by atoms with Gasteiger partial charge >= 0.3 is 0 Å². The predicted octanol–water partition coefficient (Wildman–Crippen LogP) is 0.742. The van der Waals surface area contributed by atoms with Gasteiger partial charge in [-0.05, 0) is 31.9 Å². The average Bonchev–Trinajstić information content (AvgIpc) is 2.77. The first-order valence-electron chi connectivity index (χ1n) is 5.86. The Morgan fingerprint density at radius 3 is 2.56 bits per heavy atom. The summed E-state index contributed by atoms with van der Waals surface area (Å²) in [6.45, 7) is 2.83. The van der Waals surface area contributed by atoms with Crippen molar-refractivity contribution in [3.05, 3.63) is 17.0 Å². The number of sulfonamides is 1. The molecule has 3 N–H and O–H groups in total. The second kappa shape index (κ2) is 4.90. The third-order valence-electron chi connectivity index (χ3n) is 3.23. The Bertz CT molecular complexity index is 512. The molecule has 0 spiro atoms. The lowest BCUT2D eigenvalue weighted by atomic mass is 9.95. The zero-order valence-electron chi connectivity index (χ0n) is 10.3. The van der Waals surface area contributed by atoms with Crippen molar-refractivity contribution in [2.75, 3.05) is 13.1 Å². The first-order valence-corrected chi connectivity index (χ1v) is 8.12. The van der Waals surface area contributed by atoms with Gasteiger partial charge in [0.2, 0.25) is 0 Å². The van der Waals surface area contributed by atoms with Crippen molar-refractivity contribution in [2.24, 2.45) is 5.73 Å². The van der Waals surface area contributed by atoms with Gasteiger partial charge in [-0.2, -0.15) is 4.31 Å². The van der Waals surface area contributed by atoms with Gasteiger partial charge in [0.1, 0.15) is 4.21 Å². The van der Waals surface area contributed by atoms with E-state index in [0.29, 0.717) is 36.7 Å². The number of hydrogen-bond donors (Lipinski definition) is 2. The fourth-order valence-corrected chi connectivity index (χ4v) is 4.77. The maximum atomic E-state index is 12.3. The van der Waals surface area contributed by atoms with Crippen LogP contribution in [-0.4, -0.2) is 36.5 Å². The summed E-state index contributed by atoms with van der Waals surface area (Å²) in [7, 11) is -3.42. The Morgan fingerprint density at radius 1 is 1.44 bits per heavy atom. The molecular formula is C11H18N2O3S2. The minimum atomic E-state index is -3.42. The average molecular weight is 290 g/mol. The van der Waals surface area contributed by atoms with Gasteiger partial charge in [0.15, 0.2) is 0 Å². The summed E-state index contributed by atoms with van der Waals surface area (Å²) in [5, 5.41) is 9.84. The van der Waals surface area contributed by atoms with E-state index in [1.807, 2.05) is 0 Å². The molecule has 2 rings (SSSR count). The predicted molar refractivity (Wildman–Crippen MR) is 70.8 cm³/mol. The van der Waals surface area contributed by atoms with Crippen LogP contribution in [0.2, 0.25) is 0 Å². The molecule has 18 heavy (non-hydrogen) atoms. The largest absolute Gasteiger partial charge is 0.390 e. The molecule has 0 radical (unpaired) electrons. The Morgan fingerprint density at radius 2 is 2.06 bits per heavy atom. The first-order chi connectivity index (χ1) is 8.35. The zero-order chi connectivity index (χ0) is 13.4. The highest BCUT2D eigenvalue weighted by Gasteiger charge is 2.34. The molecule has 1 saturated heterocycles. The van der Waals surface area contributed by atoms with E-state index in [2.05, 4.69) is 0 Å². The van der Waals surface area contributed by atoms with Crippen molar-refractivity contribution in [1.29, 1.82) is 0 Å². The van der Waals surface area contributed by atoms with Crippen molar-refractivity contribution in [2.45, 2.75) is 36.1 Å². The van der Waals surface area contributed by atoms with Gasteiger partial charge in [-0.3, -0.25) is 0 Å². The number of aliphatic hydroxyl groups is 1. The Labute approximate surface area is 111 Å². The molecule has 1 aromatic rings. The van der Waals surface area contributed by atoms with Gasteiger partial charge in [-0.25, -0.2) is 8.42 Å². The first kappa shape index (κ1) is 14.0. The quantitative estimate of drug-likeness (QED) is 0.860. The molecule has 0 bridgehead atoms. The lowest BCUT2D eigenvalue weighted by Gasteiger charge is -2.34. The van der Waals surface area contributed by atoms with E-state index in [-0.39, 0.29) is 0 Å². The van der Waals surface area contributed by atoms with Gasteiger partial charge in [-0.15, -0.1) is 11.3 Å². The van der Waals surface area contributed by atoms with Crippen LogP contribution in [0.25, 0.3) is 0 Å². The smallest absolute Gasteiger partial charge is 0.252 e. The van der Waals surface area contributed by atoms with E-state index in [9.17, 15) is 13.5 Å². The molecule has 1 aromatic heterocycles. The molecule has 1 aliphatic rings. The Balaban J connectivity index is 2.17. The summed E-state index contributed by atoms with van der Waals surface area (Å²) < 4.78 is 26.5. The molecule has 7 heteroatoms. The molecular weight excluding hydrogens is 272 g/mol. The van der Waals surface area contributed by atoms with E-state index >= 15 is 0 Å². The highest BCUT2D eigenvalue weighted by Crippen LogP contribution is 2.29. The third-order valence-corrected chi connectivity index (χ3v) is 6.71. The maximum Gasteiger partial charge on any atom is 0.252 e. The monoisotopic (exact) mass is 290 g/mol. The van der Waals surface area contributed by atoms with E-state index in [1.165, 1.54) is 15.6 Å². The van der Waals surface area contributed by atoms with Crippen molar-refractivity contribution in [3.63, 3.8) is 0 Å². The number of piperidine rings is 1. The summed E-state index contributed by atoms with van der Waals surface area (Å²) >= 11 is 1.22. The molecule has 0 saturated carbocycles.